The maximum atomic E-state index is 13.0. The fraction of sp³-hybridized carbons (Fsp3) is 0.100. The highest BCUT2D eigenvalue weighted by molar-refractivity contribution is 7.17. The van der Waals surface area contributed by atoms with Crippen LogP contribution in [0.1, 0.15) is 20.8 Å². The highest BCUT2D eigenvalue weighted by Crippen LogP contribution is 2.39. The van der Waals surface area contributed by atoms with Crippen LogP contribution in [-0.2, 0) is 11.2 Å². The molecule has 0 aliphatic rings. The SMILES string of the molecule is Cc1sc(NC(=O)Cc2ccc(F)cc2)c(C(=O)O)c1-c1ccccc1. The number of thiophene rings is 1. The van der Waals surface area contributed by atoms with Crippen LogP contribution in [0.25, 0.3) is 11.1 Å². The number of aryl methyl sites for hydroxylation is 1. The topological polar surface area (TPSA) is 66.4 Å². The molecule has 0 unspecified atom stereocenters. The minimum atomic E-state index is -1.09. The molecule has 2 aromatic carbocycles. The lowest BCUT2D eigenvalue weighted by atomic mass is 10.0. The summed E-state index contributed by atoms with van der Waals surface area (Å²) in [6.07, 6.45) is 0.0386. The summed E-state index contributed by atoms with van der Waals surface area (Å²) in [4.78, 5) is 24.9. The Morgan fingerprint density at radius 3 is 2.35 bits per heavy atom. The van der Waals surface area contributed by atoms with Crippen LogP contribution in [0.5, 0.6) is 0 Å². The van der Waals surface area contributed by atoms with Crippen molar-refractivity contribution in [2.24, 2.45) is 0 Å². The molecule has 1 heterocycles. The third-order valence-electron chi connectivity index (χ3n) is 3.89. The Bertz CT molecular complexity index is 949. The predicted octanol–water partition coefficient (Wildman–Crippen LogP) is 4.74. The van der Waals surface area contributed by atoms with Gasteiger partial charge >= 0.3 is 5.97 Å². The fourth-order valence-electron chi connectivity index (χ4n) is 2.75. The van der Waals surface area contributed by atoms with E-state index >= 15 is 0 Å². The standard InChI is InChI=1S/C20H16FNO3S/c1-12-17(14-5-3-2-4-6-14)18(20(24)25)19(26-12)22-16(23)11-13-7-9-15(21)10-8-13/h2-10H,11H2,1H3,(H,22,23)(H,24,25). The molecule has 3 rings (SSSR count). The molecule has 0 aliphatic heterocycles. The number of carboxylic acids is 1. The Kier molecular flexibility index (Phi) is 5.14. The first-order valence-electron chi connectivity index (χ1n) is 7.92. The lowest BCUT2D eigenvalue weighted by Crippen LogP contribution is -2.15. The minimum absolute atomic E-state index is 0.0386. The Hall–Kier alpha value is -2.99. The van der Waals surface area contributed by atoms with Crippen molar-refractivity contribution >= 4 is 28.2 Å². The minimum Gasteiger partial charge on any atom is -0.478 e. The second kappa shape index (κ2) is 7.49. The molecule has 0 radical (unpaired) electrons. The number of carbonyl (C=O) groups is 2. The van der Waals surface area contributed by atoms with Gasteiger partial charge in [0.1, 0.15) is 16.4 Å². The molecule has 0 saturated heterocycles. The van der Waals surface area contributed by atoms with E-state index in [4.69, 9.17) is 0 Å². The molecule has 6 heteroatoms. The number of hydrogen-bond donors (Lipinski definition) is 2. The van der Waals surface area contributed by atoms with E-state index in [1.807, 2.05) is 37.3 Å². The Balaban J connectivity index is 1.89. The van der Waals surface area contributed by atoms with Gasteiger partial charge in [0.05, 0.1) is 6.42 Å². The number of carboxylic acid groups (broad SMARTS) is 1. The van der Waals surface area contributed by atoms with Crippen LogP contribution in [-0.4, -0.2) is 17.0 Å². The average Bonchev–Trinajstić information content (AvgIpc) is 2.93. The van der Waals surface area contributed by atoms with E-state index in [0.717, 1.165) is 10.4 Å². The predicted molar refractivity (Wildman–Crippen MR) is 100 cm³/mol. The summed E-state index contributed by atoms with van der Waals surface area (Å²) >= 11 is 1.23. The number of benzene rings is 2. The molecule has 0 fully saturated rings. The van der Waals surface area contributed by atoms with Gasteiger partial charge < -0.3 is 10.4 Å². The van der Waals surface area contributed by atoms with Gasteiger partial charge in [0.2, 0.25) is 5.91 Å². The molecular weight excluding hydrogens is 353 g/mol. The Morgan fingerprint density at radius 2 is 1.73 bits per heavy atom. The zero-order valence-corrected chi connectivity index (χ0v) is 14.8. The van der Waals surface area contributed by atoms with Gasteiger partial charge in [-0.3, -0.25) is 4.79 Å². The van der Waals surface area contributed by atoms with Gasteiger partial charge in [0.25, 0.3) is 0 Å². The van der Waals surface area contributed by atoms with Crippen molar-refractivity contribution in [1.82, 2.24) is 0 Å². The number of aromatic carboxylic acids is 1. The van der Waals surface area contributed by atoms with Gasteiger partial charge in [-0.05, 0) is 30.2 Å². The molecule has 0 saturated carbocycles. The summed E-state index contributed by atoms with van der Waals surface area (Å²) in [5.74, 6) is -1.81. The maximum Gasteiger partial charge on any atom is 0.339 e. The zero-order valence-electron chi connectivity index (χ0n) is 14.0. The normalized spacial score (nSPS) is 10.5. The molecular formula is C20H16FNO3S. The van der Waals surface area contributed by atoms with Crippen molar-refractivity contribution in [2.45, 2.75) is 13.3 Å². The van der Waals surface area contributed by atoms with E-state index in [1.54, 1.807) is 0 Å². The van der Waals surface area contributed by atoms with Gasteiger partial charge in [-0.1, -0.05) is 42.5 Å². The molecule has 1 aromatic heterocycles. The summed E-state index contributed by atoms with van der Waals surface area (Å²) in [6.45, 7) is 1.83. The average molecular weight is 369 g/mol. The molecule has 4 nitrogen and oxygen atoms in total. The lowest BCUT2D eigenvalue weighted by Gasteiger charge is -2.06. The van der Waals surface area contributed by atoms with Crippen LogP contribution in [0.2, 0.25) is 0 Å². The summed E-state index contributed by atoms with van der Waals surface area (Å²) in [5.41, 5.74) is 2.14. The van der Waals surface area contributed by atoms with Crippen molar-refractivity contribution < 1.29 is 19.1 Å². The van der Waals surface area contributed by atoms with Crippen molar-refractivity contribution in [3.63, 3.8) is 0 Å². The van der Waals surface area contributed by atoms with Crippen LogP contribution in [0.3, 0.4) is 0 Å². The second-order valence-electron chi connectivity index (χ2n) is 5.76. The Morgan fingerprint density at radius 1 is 1.08 bits per heavy atom. The summed E-state index contributed by atoms with van der Waals surface area (Å²) in [7, 11) is 0. The highest BCUT2D eigenvalue weighted by Gasteiger charge is 2.23. The van der Waals surface area contributed by atoms with Gasteiger partial charge in [-0.2, -0.15) is 0 Å². The second-order valence-corrected chi connectivity index (χ2v) is 6.98. The van der Waals surface area contributed by atoms with Crippen LogP contribution in [0, 0.1) is 12.7 Å². The number of carbonyl (C=O) groups excluding carboxylic acids is 1. The summed E-state index contributed by atoms with van der Waals surface area (Å²) in [5, 5.41) is 12.7. The third-order valence-corrected chi connectivity index (χ3v) is 4.91. The lowest BCUT2D eigenvalue weighted by molar-refractivity contribution is -0.115. The number of nitrogens with one attached hydrogen (secondary N) is 1. The van der Waals surface area contributed by atoms with Crippen molar-refractivity contribution in [3.8, 4) is 11.1 Å². The van der Waals surface area contributed by atoms with Gasteiger partial charge in [-0.15, -0.1) is 11.3 Å². The largest absolute Gasteiger partial charge is 0.478 e. The molecule has 26 heavy (non-hydrogen) atoms. The highest BCUT2D eigenvalue weighted by atomic mass is 32.1. The van der Waals surface area contributed by atoms with E-state index in [9.17, 15) is 19.1 Å². The number of hydrogen-bond acceptors (Lipinski definition) is 3. The quantitative estimate of drug-likeness (QED) is 0.682. The number of anilines is 1. The van der Waals surface area contributed by atoms with E-state index in [-0.39, 0.29) is 23.7 Å². The van der Waals surface area contributed by atoms with Gasteiger partial charge in [0, 0.05) is 10.4 Å². The van der Waals surface area contributed by atoms with Crippen LogP contribution >= 0.6 is 11.3 Å². The van der Waals surface area contributed by atoms with Crippen LogP contribution < -0.4 is 5.32 Å². The molecule has 0 aliphatic carbocycles. The summed E-state index contributed by atoms with van der Waals surface area (Å²) < 4.78 is 13.0. The fourth-order valence-corrected chi connectivity index (χ4v) is 3.83. The van der Waals surface area contributed by atoms with Crippen LogP contribution in [0.15, 0.2) is 54.6 Å². The third kappa shape index (κ3) is 3.81. The van der Waals surface area contributed by atoms with Gasteiger partial charge in [-0.25, -0.2) is 9.18 Å². The monoisotopic (exact) mass is 369 g/mol. The van der Waals surface area contributed by atoms with Crippen molar-refractivity contribution in [2.75, 3.05) is 5.32 Å². The number of halogens is 1. The molecule has 1 amide bonds. The Labute approximate surface area is 153 Å². The molecule has 2 N–H and O–H groups in total. The van der Waals surface area contributed by atoms with Gasteiger partial charge in [0.15, 0.2) is 0 Å². The van der Waals surface area contributed by atoms with Crippen LogP contribution in [0.4, 0.5) is 9.39 Å². The number of amides is 1. The summed E-state index contributed by atoms with van der Waals surface area (Å²) in [6, 6.07) is 14.8. The number of rotatable bonds is 5. The smallest absolute Gasteiger partial charge is 0.339 e. The van der Waals surface area contributed by atoms with E-state index < -0.39 is 5.97 Å². The first kappa shape index (κ1) is 17.8. The first-order chi connectivity index (χ1) is 12.5. The van der Waals surface area contributed by atoms with Crippen molar-refractivity contribution in [3.05, 3.63) is 76.4 Å². The molecule has 3 aromatic rings. The molecule has 0 atom stereocenters. The zero-order chi connectivity index (χ0) is 18.7. The van der Waals surface area contributed by atoms with E-state index in [1.165, 1.54) is 35.6 Å². The van der Waals surface area contributed by atoms with Crippen molar-refractivity contribution in [1.29, 1.82) is 0 Å². The molecule has 0 spiro atoms. The van der Waals surface area contributed by atoms with E-state index in [2.05, 4.69) is 5.32 Å². The first-order valence-corrected chi connectivity index (χ1v) is 8.73. The maximum absolute atomic E-state index is 13.0. The van der Waals surface area contributed by atoms with E-state index in [0.29, 0.717) is 16.1 Å². The molecule has 0 bridgehead atoms. The molecule has 132 valence electrons.